The van der Waals surface area contributed by atoms with Crippen molar-refractivity contribution >= 4 is 0 Å². The van der Waals surface area contributed by atoms with Crippen LogP contribution < -0.4 is 0 Å². The minimum Gasteiger partial charge on any atom is -0.0999 e. The quantitative estimate of drug-likeness (QED) is 0.588. The van der Waals surface area contributed by atoms with Crippen molar-refractivity contribution in [3.05, 3.63) is 6.92 Å². The van der Waals surface area contributed by atoms with Crippen LogP contribution in [-0.4, -0.2) is 0 Å². The third kappa shape index (κ3) is 8.17. The Kier molecular flexibility index (Phi) is 6.71. The Bertz CT molecular complexity index is 170. The molecule has 0 rings (SSSR count). The summed E-state index contributed by atoms with van der Waals surface area (Å²) in [6, 6.07) is 0. The van der Waals surface area contributed by atoms with E-state index in [4.69, 9.17) is 0 Å². The lowest BCUT2D eigenvalue weighted by Crippen LogP contribution is -2.00. The summed E-state index contributed by atoms with van der Waals surface area (Å²) in [6.45, 7) is 15.0. The zero-order valence-corrected chi connectivity index (χ0v) is 10.4. The van der Waals surface area contributed by atoms with Gasteiger partial charge in [0.15, 0.2) is 0 Å². The summed E-state index contributed by atoms with van der Waals surface area (Å²) < 4.78 is 0. The lowest BCUT2D eigenvalue weighted by Gasteiger charge is -2.09. The zero-order chi connectivity index (χ0) is 11.1. The fourth-order valence-corrected chi connectivity index (χ4v) is 1.71. The van der Waals surface area contributed by atoms with Gasteiger partial charge in [-0.2, -0.15) is 0 Å². The first-order chi connectivity index (χ1) is 6.41. The van der Waals surface area contributed by atoms with Crippen LogP contribution in [0, 0.1) is 42.4 Å². The van der Waals surface area contributed by atoms with Crippen LogP contribution in [0.15, 0.2) is 0 Å². The van der Waals surface area contributed by atoms with Gasteiger partial charge < -0.3 is 0 Å². The average Bonchev–Trinajstić information content (AvgIpc) is 1.98. The molecule has 0 saturated carbocycles. The molecule has 0 nitrogen and oxygen atoms in total. The van der Waals surface area contributed by atoms with Crippen molar-refractivity contribution in [2.24, 2.45) is 23.7 Å². The first-order valence-corrected chi connectivity index (χ1v) is 5.76. The standard InChI is InChI=1S/C14H25/c1-11(2)9-13(5)7-8-14(6)10-12(3)4/h11-14H,1,9-10H2,2-6H3. The van der Waals surface area contributed by atoms with Crippen LogP contribution in [0.25, 0.3) is 0 Å². The van der Waals surface area contributed by atoms with E-state index in [-0.39, 0.29) is 0 Å². The van der Waals surface area contributed by atoms with E-state index < -0.39 is 0 Å². The van der Waals surface area contributed by atoms with Gasteiger partial charge in [-0.15, -0.1) is 0 Å². The highest BCUT2D eigenvalue weighted by Gasteiger charge is 2.03. The van der Waals surface area contributed by atoms with E-state index >= 15 is 0 Å². The Morgan fingerprint density at radius 1 is 0.857 bits per heavy atom. The van der Waals surface area contributed by atoms with Gasteiger partial charge >= 0.3 is 0 Å². The van der Waals surface area contributed by atoms with Crippen LogP contribution in [0.4, 0.5) is 0 Å². The maximum absolute atomic E-state index is 3.99. The molecule has 3 unspecified atom stereocenters. The summed E-state index contributed by atoms with van der Waals surface area (Å²) in [6.07, 6.45) is 2.32. The molecule has 0 aliphatic heterocycles. The van der Waals surface area contributed by atoms with E-state index in [9.17, 15) is 0 Å². The van der Waals surface area contributed by atoms with Crippen molar-refractivity contribution in [3.8, 4) is 11.8 Å². The largest absolute Gasteiger partial charge is 0.0999 e. The molecule has 0 aliphatic rings. The summed E-state index contributed by atoms with van der Waals surface area (Å²) in [4.78, 5) is 0. The van der Waals surface area contributed by atoms with Gasteiger partial charge in [-0.25, -0.2) is 0 Å². The van der Waals surface area contributed by atoms with Crippen molar-refractivity contribution in [1.29, 1.82) is 0 Å². The molecule has 0 aliphatic carbocycles. The van der Waals surface area contributed by atoms with E-state index in [1.165, 1.54) is 6.42 Å². The molecule has 14 heavy (non-hydrogen) atoms. The predicted octanol–water partition coefficient (Wildman–Crippen LogP) is 4.17. The van der Waals surface area contributed by atoms with Crippen molar-refractivity contribution in [1.82, 2.24) is 0 Å². The molecular weight excluding hydrogens is 168 g/mol. The SMILES string of the molecule is [CH2]C(C)CC(C)C#CC(C)CC(C)C. The molecule has 0 fully saturated rings. The molecule has 0 heteroatoms. The van der Waals surface area contributed by atoms with Crippen molar-refractivity contribution in [2.45, 2.75) is 47.5 Å². The molecule has 81 valence electrons. The predicted molar refractivity (Wildman–Crippen MR) is 64.7 cm³/mol. The summed E-state index contributed by atoms with van der Waals surface area (Å²) in [5, 5.41) is 0. The van der Waals surface area contributed by atoms with Crippen molar-refractivity contribution in [2.75, 3.05) is 0 Å². The second kappa shape index (κ2) is 6.93. The first kappa shape index (κ1) is 13.6. The molecule has 3 atom stereocenters. The van der Waals surface area contributed by atoms with Gasteiger partial charge in [0.25, 0.3) is 0 Å². The Morgan fingerprint density at radius 3 is 1.64 bits per heavy atom. The molecule has 0 aromatic carbocycles. The third-order valence-corrected chi connectivity index (χ3v) is 2.16. The van der Waals surface area contributed by atoms with Gasteiger partial charge in [-0.05, 0) is 24.7 Å². The van der Waals surface area contributed by atoms with E-state index in [2.05, 4.69) is 53.4 Å². The topological polar surface area (TPSA) is 0 Å². The summed E-state index contributed by atoms with van der Waals surface area (Å²) in [5.41, 5.74) is 0. The van der Waals surface area contributed by atoms with Crippen LogP contribution in [0.1, 0.15) is 47.5 Å². The Balaban J connectivity index is 3.89. The Labute approximate surface area is 90.5 Å². The zero-order valence-electron chi connectivity index (χ0n) is 10.4. The van der Waals surface area contributed by atoms with Crippen LogP contribution in [0.3, 0.4) is 0 Å². The molecule has 0 saturated heterocycles. The first-order valence-electron chi connectivity index (χ1n) is 5.76. The summed E-state index contributed by atoms with van der Waals surface area (Å²) >= 11 is 0. The van der Waals surface area contributed by atoms with E-state index in [0.29, 0.717) is 17.8 Å². The minimum absolute atomic E-state index is 0.497. The monoisotopic (exact) mass is 193 g/mol. The molecule has 0 amide bonds. The lowest BCUT2D eigenvalue weighted by molar-refractivity contribution is 0.510. The third-order valence-electron chi connectivity index (χ3n) is 2.16. The van der Waals surface area contributed by atoms with Crippen molar-refractivity contribution in [3.63, 3.8) is 0 Å². The van der Waals surface area contributed by atoms with E-state index in [1.54, 1.807) is 0 Å². The van der Waals surface area contributed by atoms with Gasteiger partial charge in [-0.1, -0.05) is 53.4 Å². The summed E-state index contributed by atoms with van der Waals surface area (Å²) in [7, 11) is 0. The molecular formula is C14H25. The van der Waals surface area contributed by atoms with Gasteiger partial charge in [0.05, 0.1) is 0 Å². The molecule has 0 heterocycles. The second-order valence-corrected chi connectivity index (χ2v) is 5.06. The van der Waals surface area contributed by atoms with Gasteiger partial charge in [0.1, 0.15) is 0 Å². The maximum Gasteiger partial charge on any atom is 0.0177 e. The highest BCUT2D eigenvalue weighted by atomic mass is 14.1. The molecule has 0 bridgehead atoms. The van der Waals surface area contributed by atoms with E-state index in [0.717, 1.165) is 12.3 Å². The highest BCUT2D eigenvalue weighted by Crippen LogP contribution is 2.12. The smallest absolute Gasteiger partial charge is 0.0177 e. The highest BCUT2D eigenvalue weighted by molar-refractivity contribution is 5.05. The van der Waals surface area contributed by atoms with Crippen LogP contribution in [-0.2, 0) is 0 Å². The van der Waals surface area contributed by atoms with Gasteiger partial charge in [0.2, 0.25) is 0 Å². The second-order valence-electron chi connectivity index (χ2n) is 5.06. The minimum atomic E-state index is 0.497. The normalized spacial score (nSPS) is 15.1. The Hall–Kier alpha value is -0.440. The summed E-state index contributed by atoms with van der Waals surface area (Å²) in [5.74, 6) is 8.97. The fraction of sp³-hybridized carbons (Fsp3) is 0.786. The molecule has 0 N–H and O–H groups in total. The number of hydrogen-bond donors (Lipinski definition) is 0. The molecule has 0 aromatic heterocycles. The molecule has 0 spiro atoms. The number of rotatable bonds is 4. The van der Waals surface area contributed by atoms with E-state index in [1.807, 2.05) is 0 Å². The van der Waals surface area contributed by atoms with Crippen LogP contribution in [0.5, 0.6) is 0 Å². The average molecular weight is 193 g/mol. The van der Waals surface area contributed by atoms with Crippen molar-refractivity contribution < 1.29 is 0 Å². The molecule has 1 radical (unpaired) electrons. The molecule has 0 aromatic rings. The van der Waals surface area contributed by atoms with Gasteiger partial charge in [0, 0.05) is 11.8 Å². The van der Waals surface area contributed by atoms with Crippen LogP contribution in [0.2, 0.25) is 0 Å². The van der Waals surface area contributed by atoms with Gasteiger partial charge in [-0.3, -0.25) is 0 Å². The number of hydrogen-bond acceptors (Lipinski definition) is 0. The fourth-order valence-electron chi connectivity index (χ4n) is 1.71. The maximum atomic E-state index is 3.99. The Morgan fingerprint density at radius 2 is 1.29 bits per heavy atom. The lowest BCUT2D eigenvalue weighted by atomic mass is 9.96. The van der Waals surface area contributed by atoms with Crippen LogP contribution >= 0.6 is 0 Å².